The lowest BCUT2D eigenvalue weighted by atomic mass is 9.94. The minimum absolute atomic E-state index is 0.0830. The first kappa shape index (κ1) is 12.3. The van der Waals surface area contributed by atoms with E-state index in [4.69, 9.17) is 9.84 Å². The molecule has 7 heteroatoms. The first-order chi connectivity index (χ1) is 10.1. The first-order valence-corrected chi connectivity index (χ1v) is 6.77. The molecule has 0 unspecified atom stereocenters. The standard InChI is InChI=1S/C14H13N3O4/c18-13-9(10-1-2-11(14(19)20)17(10)13)5-8-6-16-3-4-21-7-12(16)15-8/h2,5-6,10H,1,3-4,7H2,(H,19,20)/t10-/m1/s1. The Labute approximate surface area is 120 Å². The van der Waals surface area contributed by atoms with Crippen molar-refractivity contribution in [2.75, 3.05) is 6.61 Å². The first-order valence-electron chi connectivity index (χ1n) is 6.77. The van der Waals surface area contributed by atoms with Crippen LogP contribution in [0.5, 0.6) is 0 Å². The smallest absolute Gasteiger partial charge is 0.352 e. The number of aromatic nitrogens is 2. The molecule has 0 radical (unpaired) electrons. The summed E-state index contributed by atoms with van der Waals surface area (Å²) in [4.78, 5) is 28.9. The quantitative estimate of drug-likeness (QED) is 0.628. The number of carboxylic acids is 1. The molecule has 7 nitrogen and oxygen atoms in total. The molecular weight excluding hydrogens is 274 g/mol. The van der Waals surface area contributed by atoms with E-state index >= 15 is 0 Å². The third-order valence-electron chi connectivity index (χ3n) is 4.04. The third kappa shape index (κ3) is 1.74. The fourth-order valence-electron chi connectivity index (χ4n) is 3.02. The van der Waals surface area contributed by atoms with Gasteiger partial charge in [-0.2, -0.15) is 0 Å². The van der Waals surface area contributed by atoms with Gasteiger partial charge < -0.3 is 14.4 Å². The van der Waals surface area contributed by atoms with Crippen LogP contribution >= 0.6 is 0 Å². The third-order valence-corrected chi connectivity index (χ3v) is 4.04. The number of fused-ring (bicyclic) bond motifs is 2. The van der Waals surface area contributed by atoms with Gasteiger partial charge in [-0.25, -0.2) is 9.78 Å². The second-order valence-electron chi connectivity index (χ2n) is 5.25. The number of carbonyl (C=O) groups is 2. The van der Waals surface area contributed by atoms with E-state index in [1.807, 2.05) is 10.8 Å². The molecule has 1 fully saturated rings. The van der Waals surface area contributed by atoms with Crippen molar-refractivity contribution < 1.29 is 19.4 Å². The Morgan fingerprint density at radius 3 is 3.14 bits per heavy atom. The molecular formula is C14H13N3O4. The van der Waals surface area contributed by atoms with Crippen LogP contribution in [0.15, 0.2) is 23.5 Å². The number of β-lactam (4-membered cyclic amide) rings is 1. The average molecular weight is 287 g/mol. The Morgan fingerprint density at radius 2 is 2.38 bits per heavy atom. The highest BCUT2D eigenvalue weighted by Crippen LogP contribution is 2.38. The molecule has 1 aromatic rings. The molecule has 0 bridgehead atoms. The van der Waals surface area contributed by atoms with Gasteiger partial charge in [0.05, 0.1) is 18.3 Å². The maximum absolute atomic E-state index is 12.1. The summed E-state index contributed by atoms with van der Waals surface area (Å²) < 4.78 is 7.35. The summed E-state index contributed by atoms with van der Waals surface area (Å²) >= 11 is 0. The number of aliphatic carboxylic acids is 1. The molecule has 4 heterocycles. The van der Waals surface area contributed by atoms with Gasteiger partial charge >= 0.3 is 5.97 Å². The summed E-state index contributed by atoms with van der Waals surface area (Å²) in [5, 5.41) is 9.03. The summed E-state index contributed by atoms with van der Waals surface area (Å²) in [6.07, 6.45) is 5.81. The van der Waals surface area contributed by atoms with Crippen molar-refractivity contribution >= 4 is 18.0 Å². The molecule has 3 aliphatic heterocycles. The molecule has 0 aliphatic carbocycles. The number of imidazole rings is 1. The molecule has 1 N–H and O–H groups in total. The predicted molar refractivity (Wildman–Crippen MR) is 70.8 cm³/mol. The molecule has 0 saturated carbocycles. The van der Waals surface area contributed by atoms with Crippen molar-refractivity contribution in [1.29, 1.82) is 0 Å². The highest BCUT2D eigenvalue weighted by molar-refractivity contribution is 6.10. The molecule has 4 rings (SSSR count). The second-order valence-corrected chi connectivity index (χ2v) is 5.25. The second kappa shape index (κ2) is 4.29. The van der Waals surface area contributed by atoms with Crippen LogP contribution in [0.3, 0.4) is 0 Å². The van der Waals surface area contributed by atoms with Gasteiger partial charge in [0.25, 0.3) is 5.91 Å². The summed E-state index contributed by atoms with van der Waals surface area (Å²) in [5.41, 5.74) is 1.43. The summed E-state index contributed by atoms with van der Waals surface area (Å²) in [6.45, 7) is 1.91. The van der Waals surface area contributed by atoms with Gasteiger partial charge in [0.15, 0.2) is 0 Å². The highest BCUT2D eigenvalue weighted by Gasteiger charge is 2.48. The van der Waals surface area contributed by atoms with Gasteiger partial charge in [-0.3, -0.25) is 9.69 Å². The topological polar surface area (TPSA) is 84.7 Å². The monoisotopic (exact) mass is 287 g/mol. The number of amides is 1. The maximum atomic E-state index is 12.1. The largest absolute Gasteiger partial charge is 0.477 e. The molecule has 0 spiro atoms. The molecule has 1 saturated heterocycles. The number of nitrogens with zero attached hydrogens (tertiary/aromatic N) is 3. The van der Waals surface area contributed by atoms with Crippen LogP contribution in [-0.2, 0) is 27.5 Å². The summed E-state index contributed by atoms with van der Waals surface area (Å²) in [6, 6.07) is -0.154. The number of carboxylic acid groups (broad SMARTS) is 1. The number of hydrogen-bond acceptors (Lipinski definition) is 4. The number of carbonyl (C=O) groups excluding carboxylic acids is 1. The van der Waals surface area contributed by atoms with Gasteiger partial charge in [0.1, 0.15) is 18.1 Å². The Hall–Kier alpha value is -2.41. The zero-order valence-electron chi connectivity index (χ0n) is 11.2. The van der Waals surface area contributed by atoms with Crippen LogP contribution < -0.4 is 0 Å². The fraction of sp³-hybridized carbons (Fsp3) is 0.357. The minimum Gasteiger partial charge on any atom is -0.477 e. The van der Waals surface area contributed by atoms with E-state index < -0.39 is 5.97 Å². The Bertz CT molecular complexity index is 692. The Kier molecular flexibility index (Phi) is 2.52. The van der Waals surface area contributed by atoms with Gasteiger partial charge in [-0.1, -0.05) is 6.08 Å². The van der Waals surface area contributed by atoms with E-state index in [0.29, 0.717) is 25.2 Å². The van der Waals surface area contributed by atoms with Crippen molar-refractivity contribution in [1.82, 2.24) is 14.5 Å². The minimum atomic E-state index is -1.06. The lowest BCUT2D eigenvalue weighted by Gasteiger charge is -2.38. The van der Waals surface area contributed by atoms with E-state index in [9.17, 15) is 9.59 Å². The normalized spacial score (nSPS) is 25.4. The number of hydrogen-bond donors (Lipinski definition) is 1. The van der Waals surface area contributed by atoms with Crippen LogP contribution in [-0.4, -0.2) is 44.1 Å². The van der Waals surface area contributed by atoms with Crippen molar-refractivity contribution in [2.24, 2.45) is 0 Å². The predicted octanol–water partition coefficient (Wildman–Crippen LogP) is 0.380. The van der Waals surface area contributed by atoms with Crippen LogP contribution in [0.25, 0.3) is 6.08 Å². The van der Waals surface area contributed by atoms with Crippen LogP contribution in [0.2, 0.25) is 0 Å². The van der Waals surface area contributed by atoms with E-state index in [1.54, 1.807) is 12.2 Å². The maximum Gasteiger partial charge on any atom is 0.352 e. The molecule has 3 aliphatic rings. The molecule has 1 aromatic heterocycles. The van der Waals surface area contributed by atoms with Gasteiger partial charge in [-0.15, -0.1) is 0 Å². The number of rotatable bonds is 2. The van der Waals surface area contributed by atoms with Gasteiger partial charge in [0.2, 0.25) is 0 Å². The molecule has 1 amide bonds. The molecule has 1 atom stereocenters. The lowest BCUT2D eigenvalue weighted by molar-refractivity contribution is -0.142. The zero-order chi connectivity index (χ0) is 14.6. The fourth-order valence-corrected chi connectivity index (χ4v) is 3.02. The van der Waals surface area contributed by atoms with E-state index in [0.717, 1.165) is 18.1 Å². The average Bonchev–Trinajstić information content (AvgIpc) is 3.05. The lowest BCUT2D eigenvalue weighted by Crippen LogP contribution is -2.52. The SMILES string of the molecule is O=C(O)C1=CC[C@@H]2C(=Cc3cn4c(n3)COCC4)C(=O)N12. The van der Waals surface area contributed by atoms with E-state index in [1.165, 1.54) is 4.90 Å². The van der Waals surface area contributed by atoms with E-state index in [2.05, 4.69) is 4.98 Å². The van der Waals surface area contributed by atoms with Crippen LogP contribution in [0.1, 0.15) is 17.9 Å². The Balaban J connectivity index is 1.60. The van der Waals surface area contributed by atoms with Crippen molar-refractivity contribution in [3.63, 3.8) is 0 Å². The molecule has 21 heavy (non-hydrogen) atoms. The summed E-state index contributed by atoms with van der Waals surface area (Å²) in [5.74, 6) is -0.444. The van der Waals surface area contributed by atoms with E-state index in [-0.39, 0.29) is 17.6 Å². The Morgan fingerprint density at radius 1 is 1.52 bits per heavy atom. The van der Waals surface area contributed by atoms with Crippen LogP contribution in [0, 0.1) is 0 Å². The van der Waals surface area contributed by atoms with Crippen molar-refractivity contribution in [3.8, 4) is 0 Å². The van der Waals surface area contributed by atoms with Crippen molar-refractivity contribution in [2.45, 2.75) is 25.6 Å². The number of ether oxygens (including phenoxy) is 1. The van der Waals surface area contributed by atoms with Crippen molar-refractivity contribution in [3.05, 3.63) is 35.1 Å². The molecule has 108 valence electrons. The summed E-state index contributed by atoms with van der Waals surface area (Å²) in [7, 11) is 0. The zero-order valence-corrected chi connectivity index (χ0v) is 11.2. The highest BCUT2D eigenvalue weighted by atomic mass is 16.5. The molecule has 0 aromatic carbocycles. The van der Waals surface area contributed by atoms with Gasteiger partial charge in [-0.05, 0) is 12.5 Å². The van der Waals surface area contributed by atoms with Gasteiger partial charge in [0, 0.05) is 18.3 Å². The van der Waals surface area contributed by atoms with Crippen LogP contribution in [0.4, 0.5) is 0 Å².